The number of hydrogen-bond donors (Lipinski definition) is 3. The van der Waals surface area contributed by atoms with E-state index in [2.05, 4.69) is 5.32 Å². The Hall–Kier alpha value is -1.97. The molecular formula is C20H26N2O5S. The predicted molar refractivity (Wildman–Crippen MR) is 106 cm³/mol. The van der Waals surface area contributed by atoms with E-state index in [4.69, 9.17) is 4.74 Å². The molecule has 2 aromatic carbocycles. The fourth-order valence-electron chi connectivity index (χ4n) is 3.30. The van der Waals surface area contributed by atoms with Gasteiger partial charge >= 0.3 is 0 Å². The molecule has 8 heteroatoms. The third kappa shape index (κ3) is 4.53. The number of methoxy groups -OCH3 is 1. The van der Waals surface area contributed by atoms with Gasteiger partial charge in [0.05, 0.1) is 18.1 Å². The van der Waals surface area contributed by atoms with Crippen LogP contribution in [0.3, 0.4) is 0 Å². The zero-order valence-corrected chi connectivity index (χ0v) is 16.6. The van der Waals surface area contributed by atoms with Gasteiger partial charge in [-0.3, -0.25) is 0 Å². The van der Waals surface area contributed by atoms with Gasteiger partial charge in [-0.1, -0.05) is 30.3 Å². The van der Waals surface area contributed by atoms with Crippen LogP contribution in [0.15, 0.2) is 59.5 Å². The van der Waals surface area contributed by atoms with Crippen LogP contribution in [0.1, 0.15) is 5.56 Å². The number of hydrogen-bond acceptors (Lipinski definition) is 6. The van der Waals surface area contributed by atoms with Gasteiger partial charge < -0.3 is 20.3 Å². The summed E-state index contributed by atoms with van der Waals surface area (Å²) in [7, 11) is -2.14. The van der Waals surface area contributed by atoms with E-state index in [-0.39, 0.29) is 24.5 Å². The summed E-state index contributed by atoms with van der Waals surface area (Å²) in [6.45, 7) is 0.384. The van der Waals surface area contributed by atoms with E-state index in [1.165, 1.54) is 12.1 Å². The second-order valence-corrected chi connectivity index (χ2v) is 8.95. The number of nitrogens with zero attached hydrogens (tertiary/aromatic N) is 1. The summed E-state index contributed by atoms with van der Waals surface area (Å²) in [4.78, 5) is 0.150. The lowest BCUT2D eigenvalue weighted by Gasteiger charge is -2.26. The van der Waals surface area contributed by atoms with Crippen molar-refractivity contribution in [3.05, 3.63) is 60.2 Å². The lowest BCUT2D eigenvalue weighted by molar-refractivity contribution is -0.0380. The van der Waals surface area contributed by atoms with Gasteiger partial charge in [0.25, 0.3) is 0 Å². The molecule has 0 saturated carbocycles. The fourth-order valence-corrected chi connectivity index (χ4v) is 4.83. The van der Waals surface area contributed by atoms with Crippen LogP contribution in [-0.4, -0.2) is 67.9 Å². The van der Waals surface area contributed by atoms with Crippen molar-refractivity contribution in [2.45, 2.75) is 23.0 Å². The molecule has 3 rings (SSSR count). The van der Waals surface area contributed by atoms with Gasteiger partial charge in [0, 0.05) is 19.6 Å². The number of rotatable bonds is 8. The van der Waals surface area contributed by atoms with Crippen LogP contribution in [-0.2, 0) is 16.4 Å². The third-order valence-corrected chi connectivity index (χ3v) is 6.81. The van der Waals surface area contributed by atoms with Crippen molar-refractivity contribution in [1.29, 1.82) is 0 Å². The molecule has 0 radical (unpaired) electrons. The minimum atomic E-state index is -3.75. The monoisotopic (exact) mass is 406 g/mol. The summed E-state index contributed by atoms with van der Waals surface area (Å²) >= 11 is 0. The lowest BCUT2D eigenvalue weighted by atomic mass is 10.0. The van der Waals surface area contributed by atoms with Gasteiger partial charge in [-0.25, -0.2) is 8.42 Å². The van der Waals surface area contributed by atoms with Crippen molar-refractivity contribution in [3.8, 4) is 5.75 Å². The van der Waals surface area contributed by atoms with Crippen LogP contribution in [0, 0.1) is 0 Å². The average molecular weight is 407 g/mol. The highest BCUT2D eigenvalue weighted by Crippen LogP contribution is 2.27. The number of nitrogens with one attached hydrogen (secondary N) is 1. The molecule has 3 N–H and O–H groups in total. The molecule has 1 saturated heterocycles. The Bertz CT molecular complexity index is 890. The topological polar surface area (TPSA) is 99.1 Å². The van der Waals surface area contributed by atoms with Crippen LogP contribution in [0.25, 0.3) is 0 Å². The molecule has 2 atom stereocenters. The molecule has 0 aliphatic carbocycles. The van der Waals surface area contributed by atoms with Gasteiger partial charge in [-0.05, 0) is 42.8 Å². The molecule has 0 spiro atoms. The van der Waals surface area contributed by atoms with Crippen LogP contribution in [0.4, 0.5) is 0 Å². The number of sulfonamides is 1. The molecule has 1 heterocycles. The zero-order valence-electron chi connectivity index (χ0n) is 15.8. The maximum atomic E-state index is 12.7. The van der Waals surface area contributed by atoms with E-state index < -0.39 is 21.7 Å². The lowest BCUT2D eigenvalue weighted by Crippen LogP contribution is -2.50. The second-order valence-electron chi connectivity index (χ2n) is 7.01. The SMILES string of the molecule is COc1cccc(CCNC[C@]2(O)CN(S(=O)(=O)c3ccccc3)C[C@H]2O)c1. The van der Waals surface area contributed by atoms with Gasteiger partial charge in [-0.2, -0.15) is 4.31 Å². The molecule has 0 amide bonds. The molecular weight excluding hydrogens is 380 g/mol. The van der Waals surface area contributed by atoms with Crippen LogP contribution in [0.5, 0.6) is 5.75 Å². The number of benzene rings is 2. The molecule has 28 heavy (non-hydrogen) atoms. The quantitative estimate of drug-likeness (QED) is 0.556. The number of aliphatic hydroxyl groups is 2. The Kier molecular flexibility index (Phi) is 6.36. The number of β-amino-alcohol motifs (C(OH)–C–C–N with tert-alkyl or cyclic N) is 2. The van der Waals surface area contributed by atoms with Crippen LogP contribution >= 0.6 is 0 Å². The Balaban J connectivity index is 1.57. The number of aliphatic hydroxyl groups excluding tert-OH is 1. The maximum absolute atomic E-state index is 12.7. The molecule has 0 unspecified atom stereocenters. The second kappa shape index (κ2) is 8.59. The smallest absolute Gasteiger partial charge is 0.243 e. The zero-order chi connectivity index (χ0) is 20.2. The van der Waals surface area contributed by atoms with E-state index in [1.54, 1.807) is 25.3 Å². The van der Waals surface area contributed by atoms with Gasteiger partial charge in [0.15, 0.2) is 0 Å². The molecule has 0 aromatic heterocycles. The largest absolute Gasteiger partial charge is 0.497 e. The Labute approximate surface area is 165 Å². The first-order chi connectivity index (χ1) is 13.3. The van der Waals surface area contributed by atoms with Crippen molar-refractivity contribution in [2.75, 3.05) is 33.3 Å². The molecule has 0 bridgehead atoms. The van der Waals surface area contributed by atoms with Crippen molar-refractivity contribution in [3.63, 3.8) is 0 Å². The van der Waals surface area contributed by atoms with Gasteiger partial charge in [0.1, 0.15) is 11.4 Å². The van der Waals surface area contributed by atoms with E-state index in [1.807, 2.05) is 24.3 Å². The Morgan fingerprint density at radius 3 is 2.68 bits per heavy atom. The highest BCUT2D eigenvalue weighted by atomic mass is 32.2. The fraction of sp³-hybridized carbons (Fsp3) is 0.400. The van der Waals surface area contributed by atoms with Crippen LogP contribution in [0.2, 0.25) is 0 Å². The number of ether oxygens (including phenoxy) is 1. The minimum absolute atomic E-state index is 0.0962. The highest BCUT2D eigenvalue weighted by molar-refractivity contribution is 7.89. The summed E-state index contributed by atoms with van der Waals surface area (Å²) in [5.41, 5.74) is -0.449. The molecule has 2 aromatic rings. The minimum Gasteiger partial charge on any atom is -0.497 e. The first-order valence-corrected chi connectivity index (χ1v) is 10.6. The predicted octanol–water partition coefficient (Wildman–Crippen LogP) is 0.624. The third-order valence-electron chi connectivity index (χ3n) is 4.98. The summed E-state index contributed by atoms with van der Waals surface area (Å²) in [6.07, 6.45) is -0.439. The molecule has 7 nitrogen and oxygen atoms in total. The van der Waals surface area contributed by atoms with E-state index in [0.717, 1.165) is 22.0 Å². The van der Waals surface area contributed by atoms with Crippen LogP contribution < -0.4 is 10.1 Å². The molecule has 152 valence electrons. The highest BCUT2D eigenvalue weighted by Gasteiger charge is 2.48. The molecule has 1 fully saturated rings. The van der Waals surface area contributed by atoms with Crippen molar-refractivity contribution < 1.29 is 23.4 Å². The van der Waals surface area contributed by atoms with Crippen molar-refractivity contribution in [1.82, 2.24) is 9.62 Å². The average Bonchev–Trinajstić information content (AvgIpc) is 3.02. The van der Waals surface area contributed by atoms with Crippen molar-refractivity contribution >= 4 is 10.0 Å². The first kappa shape index (κ1) is 20.8. The van der Waals surface area contributed by atoms with E-state index >= 15 is 0 Å². The molecule has 1 aliphatic heterocycles. The normalized spacial score (nSPS) is 23.0. The van der Waals surface area contributed by atoms with E-state index in [0.29, 0.717) is 6.54 Å². The first-order valence-electron chi connectivity index (χ1n) is 9.14. The summed E-state index contributed by atoms with van der Waals surface area (Å²) in [5, 5.41) is 24.2. The molecule has 1 aliphatic rings. The standard InChI is InChI=1S/C20H26N2O5S/c1-27-17-7-5-6-16(12-17)10-11-21-14-20(24)15-22(13-19(20)23)28(25,26)18-8-3-2-4-9-18/h2-9,12,19,21,23-24H,10-11,13-15H2,1H3/t19-,20+/m1/s1. The summed E-state index contributed by atoms with van der Waals surface area (Å²) in [5.74, 6) is 0.782. The summed E-state index contributed by atoms with van der Waals surface area (Å²) in [6, 6.07) is 15.7. The Morgan fingerprint density at radius 2 is 1.96 bits per heavy atom. The Morgan fingerprint density at radius 1 is 1.21 bits per heavy atom. The van der Waals surface area contributed by atoms with E-state index in [9.17, 15) is 18.6 Å². The van der Waals surface area contributed by atoms with Gasteiger partial charge in [-0.15, -0.1) is 0 Å². The summed E-state index contributed by atoms with van der Waals surface area (Å²) < 4.78 is 31.8. The maximum Gasteiger partial charge on any atom is 0.243 e. The van der Waals surface area contributed by atoms with Crippen molar-refractivity contribution in [2.24, 2.45) is 0 Å². The van der Waals surface area contributed by atoms with Gasteiger partial charge in [0.2, 0.25) is 10.0 Å².